The molecule has 0 radical (unpaired) electrons. The normalized spacial score (nSPS) is 10.8. The predicted octanol–water partition coefficient (Wildman–Crippen LogP) is 4.09. The van der Waals surface area contributed by atoms with Crippen molar-refractivity contribution in [3.8, 4) is 22.4 Å². The number of aromatic nitrogens is 2. The van der Waals surface area contributed by atoms with Gasteiger partial charge in [0, 0.05) is 23.0 Å². The maximum Gasteiger partial charge on any atom is 0.230 e. The maximum absolute atomic E-state index is 14.1. The van der Waals surface area contributed by atoms with Crippen molar-refractivity contribution in [2.45, 2.75) is 6.92 Å². The number of pyridine rings is 1. The third kappa shape index (κ3) is 2.36. The van der Waals surface area contributed by atoms with Crippen LogP contribution in [0.4, 0.5) is 10.3 Å². The Balaban J connectivity index is 2.28. The highest BCUT2D eigenvalue weighted by Gasteiger charge is 2.22. The molecular weight excluding hydrogens is 293 g/mol. The summed E-state index contributed by atoms with van der Waals surface area (Å²) in [6.45, 7) is 1.85. The van der Waals surface area contributed by atoms with Gasteiger partial charge in [0.25, 0.3) is 0 Å². The molecule has 0 atom stereocenters. The number of benzene rings is 1. The molecule has 0 saturated heterocycles. The van der Waals surface area contributed by atoms with Gasteiger partial charge in [-0.05, 0) is 31.2 Å². The standard InChI is InChI=1S/C15H11ClFN3O/c1-8-7-9(5-6-19-8)14-13(15(18)21-20-14)12-10(16)3-2-4-11(12)17/h2-7H,18H2,1H3. The average Bonchev–Trinajstić information content (AvgIpc) is 2.81. The number of aryl methyl sites for hydroxylation is 1. The summed E-state index contributed by atoms with van der Waals surface area (Å²) in [5, 5.41) is 4.18. The third-order valence-electron chi connectivity index (χ3n) is 3.10. The lowest BCUT2D eigenvalue weighted by atomic mass is 10.0. The smallest absolute Gasteiger partial charge is 0.230 e. The van der Waals surface area contributed by atoms with E-state index in [2.05, 4.69) is 10.1 Å². The molecule has 1 aromatic carbocycles. The van der Waals surface area contributed by atoms with Crippen LogP contribution in [0.3, 0.4) is 0 Å². The average molecular weight is 304 g/mol. The molecule has 2 N–H and O–H groups in total. The number of hydrogen-bond acceptors (Lipinski definition) is 4. The van der Waals surface area contributed by atoms with E-state index in [4.69, 9.17) is 21.9 Å². The van der Waals surface area contributed by atoms with Gasteiger partial charge in [-0.15, -0.1) is 0 Å². The second-order valence-corrected chi connectivity index (χ2v) is 4.96. The predicted molar refractivity (Wildman–Crippen MR) is 79.3 cm³/mol. The summed E-state index contributed by atoms with van der Waals surface area (Å²) < 4.78 is 19.2. The van der Waals surface area contributed by atoms with Crippen LogP contribution in [0.25, 0.3) is 22.4 Å². The van der Waals surface area contributed by atoms with Crippen molar-refractivity contribution >= 4 is 17.5 Å². The lowest BCUT2D eigenvalue weighted by Gasteiger charge is -2.06. The monoisotopic (exact) mass is 303 g/mol. The molecule has 0 bridgehead atoms. The zero-order valence-electron chi connectivity index (χ0n) is 11.1. The van der Waals surface area contributed by atoms with Crippen LogP contribution in [0.15, 0.2) is 41.1 Å². The Bertz CT molecular complexity index is 796. The lowest BCUT2D eigenvalue weighted by molar-refractivity contribution is 0.439. The van der Waals surface area contributed by atoms with Crippen LogP contribution >= 0.6 is 11.6 Å². The molecule has 2 aromatic heterocycles. The van der Waals surface area contributed by atoms with Gasteiger partial charge < -0.3 is 10.3 Å². The fraction of sp³-hybridized carbons (Fsp3) is 0.0667. The first-order valence-electron chi connectivity index (χ1n) is 6.20. The Morgan fingerprint density at radius 1 is 1.24 bits per heavy atom. The molecule has 0 aliphatic heterocycles. The topological polar surface area (TPSA) is 64.9 Å². The van der Waals surface area contributed by atoms with Crippen molar-refractivity contribution in [1.29, 1.82) is 0 Å². The van der Waals surface area contributed by atoms with Gasteiger partial charge in [-0.3, -0.25) is 4.98 Å². The summed E-state index contributed by atoms with van der Waals surface area (Å²) in [6.07, 6.45) is 1.64. The number of halogens is 2. The molecule has 0 aliphatic rings. The summed E-state index contributed by atoms with van der Waals surface area (Å²) in [7, 11) is 0. The van der Waals surface area contributed by atoms with Gasteiger partial charge in [0.05, 0.1) is 10.6 Å². The molecule has 3 aromatic rings. The highest BCUT2D eigenvalue weighted by Crippen LogP contribution is 2.40. The Kier molecular flexibility index (Phi) is 3.35. The van der Waals surface area contributed by atoms with Crippen molar-refractivity contribution < 1.29 is 8.91 Å². The third-order valence-corrected chi connectivity index (χ3v) is 3.42. The molecular formula is C15H11ClFN3O. The zero-order valence-corrected chi connectivity index (χ0v) is 11.9. The molecule has 0 saturated carbocycles. The van der Waals surface area contributed by atoms with Gasteiger partial charge in [-0.1, -0.05) is 22.8 Å². The first kappa shape index (κ1) is 13.6. The molecule has 21 heavy (non-hydrogen) atoms. The van der Waals surface area contributed by atoms with Crippen molar-refractivity contribution in [2.75, 3.05) is 5.73 Å². The van der Waals surface area contributed by atoms with Crippen LogP contribution in [0, 0.1) is 12.7 Å². The molecule has 106 valence electrons. The largest absolute Gasteiger partial charge is 0.367 e. The second-order valence-electron chi connectivity index (χ2n) is 4.55. The summed E-state index contributed by atoms with van der Waals surface area (Å²) in [4.78, 5) is 4.12. The summed E-state index contributed by atoms with van der Waals surface area (Å²) in [6, 6.07) is 8.00. The molecule has 3 rings (SSSR count). The molecule has 0 spiro atoms. The molecule has 0 aliphatic carbocycles. The fourth-order valence-electron chi connectivity index (χ4n) is 2.17. The highest BCUT2D eigenvalue weighted by molar-refractivity contribution is 6.33. The van der Waals surface area contributed by atoms with E-state index in [0.717, 1.165) is 11.3 Å². The van der Waals surface area contributed by atoms with E-state index >= 15 is 0 Å². The van der Waals surface area contributed by atoms with Crippen molar-refractivity contribution in [3.63, 3.8) is 0 Å². The molecule has 6 heteroatoms. The maximum atomic E-state index is 14.1. The van der Waals surface area contributed by atoms with E-state index in [1.165, 1.54) is 12.1 Å². The first-order chi connectivity index (χ1) is 10.1. The van der Waals surface area contributed by atoms with E-state index in [1.807, 2.05) is 13.0 Å². The number of nitrogens with two attached hydrogens (primary N) is 1. The van der Waals surface area contributed by atoms with Crippen LogP contribution in [0.2, 0.25) is 5.02 Å². The van der Waals surface area contributed by atoms with Gasteiger partial charge in [-0.25, -0.2) is 4.39 Å². The summed E-state index contributed by atoms with van der Waals surface area (Å²) >= 11 is 6.11. The van der Waals surface area contributed by atoms with E-state index in [1.54, 1.807) is 18.3 Å². The minimum Gasteiger partial charge on any atom is -0.367 e. The van der Waals surface area contributed by atoms with Gasteiger partial charge in [0.15, 0.2) is 0 Å². The van der Waals surface area contributed by atoms with Crippen LogP contribution in [0.1, 0.15) is 5.69 Å². The van der Waals surface area contributed by atoms with Crippen LogP contribution < -0.4 is 5.73 Å². The van der Waals surface area contributed by atoms with Gasteiger partial charge >= 0.3 is 0 Å². The minimum atomic E-state index is -0.482. The Morgan fingerprint density at radius 2 is 2.05 bits per heavy atom. The molecule has 0 unspecified atom stereocenters. The number of anilines is 1. The molecule has 0 fully saturated rings. The molecule has 2 heterocycles. The zero-order chi connectivity index (χ0) is 15.0. The number of rotatable bonds is 2. The molecule has 0 amide bonds. The van der Waals surface area contributed by atoms with Crippen LogP contribution in [-0.2, 0) is 0 Å². The van der Waals surface area contributed by atoms with E-state index in [9.17, 15) is 4.39 Å². The Morgan fingerprint density at radius 3 is 2.76 bits per heavy atom. The fourth-order valence-corrected chi connectivity index (χ4v) is 2.43. The van der Waals surface area contributed by atoms with Crippen LogP contribution in [-0.4, -0.2) is 10.1 Å². The highest BCUT2D eigenvalue weighted by atomic mass is 35.5. The van der Waals surface area contributed by atoms with E-state index in [-0.39, 0.29) is 16.5 Å². The van der Waals surface area contributed by atoms with Gasteiger partial charge in [-0.2, -0.15) is 0 Å². The molecule has 4 nitrogen and oxygen atoms in total. The minimum absolute atomic E-state index is 0.0199. The summed E-state index contributed by atoms with van der Waals surface area (Å²) in [5.41, 5.74) is 8.32. The van der Waals surface area contributed by atoms with Crippen molar-refractivity contribution in [2.24, 2.45) is 0 Å². The first-order valence-corrected chi connectivity index (χ1v) is 6.58. The van der Waals surface area contributed by atoms with E-state index in [0.29, 0.717) is 11.3 Å². The number of hydrogen-bond donors (Lipinski definition) is 1. The quantitative estimate of drug-likeness (QED) is 0.774. The van der Waals surface area contributed by atoms with Crippen molar-refractivity contribution in [3.05, 3.63) is 53.1 Å². The Hall–Kier alpha value is -2.40. The number of nitrogen functional groups attached to an aromatic ring is 1. The van der Waals surface area contributed by atoms with Gasteiger partial charge in [0.1, 0.15) is 11.5 Å². The summed E-state index contributed by atoms with van der Waals surface area (Å²) in [5.74, 6) is -0.462. The van der Waals surface area contributed by atoms with Crippen molar-refractivity contribution in [1.82, 2.24) is 10.1 Å². The number of nitrogens with zero attached hydrogens (tertiary/aromatic N) is 2. The van der Waals surface area contributed by atoms with Gasteiger partial charge in [0.2, 0.25) is 5.88 Å². The van der Waals surface area contributed by atoms with Crippen LogP contribution in [0.5, 0.6) is 0 Å². The second kappa shape index (κ2) is 5.18. The lowest BCUT2D eigenvalue weighted by Crippen LogP contribution is -1.92. The SMILES string of the molecule is Cc1cc(-c2noc(N)c2-c2c(F)cccc2Cl)ccn1. The van der Waals surface area contributed by atoms with E-state index < -0.39 is 5.82 Å². The Labute approximate surface area is 125 Å².